The third-order valence-corrected chi connectivity index (χ3v) is 7.73. The number of ether oxygens (including phenoxy) is 1. The van der Waals surface area contributed by atoms with Gasteiger partial charge in [-0.25, -0.2) is 0 Å². The number of benzene rings is 1. The van der Waals surface area contributed by atoms with Gasteiger partial charge in [0, 0.05) is 22.5 Å². The number of hydrogen-bond acceptors (Lipinski definition) is 7. The normalized spacial score (nSPS) is 15.1. The SMILES string of the molecule is CC(C)(C)CC(C)(C(=O)OCC(O)CSc1ccc2cc(-c3ccc(CCO)o3)oc2c1)C(C)(C)C. The number of carbonyl (C=O) groups is 1. The lowest BCUT2D eigenvalue weighted by molar-refractivity contribution is -0.167. The average molecular weight is 517 g/mol. The van der Waals surface area contributed by atoms with E-state index in [0.29, 0.717) is 35.9 Å². The number of aliphatic hydroxyl groups is 2. The van der Waals surface area contributed by atoms with Gasteiger partial charge in [-0.3, -0.25) is 4.79 Å². The second-order valence-corrected chi connectivity index (χ2v) is 13.0. The molecule has 0 spiro atoms. The van der Waals surface area contributed by atoms with Gasteiger partial charge in [0.1, 0.15) is 18.0 Å². The minimum absolute atomic E-state index is 0.0292. The summed E-state index contributed by atoms with van der Waals surface area (Å²) in [5.74, 6) is 2.08. The van der Waals surface area contributed by atoms with Crippen LogP contribution in [0.4, 0.5) is 0 Å². The molecule has 6 nitrogen and oxygen atoms in total. The van der Waals surface area contributed by atoms with Crippen molar-refractivity contribution in [1.82, 2.24) is 0 Å². The number of fused-ring (bicyclic) bond motifs is 1. The third-order valence-electron chi connectivity index (χ3n) is 6.59. The lowest BCUT2D eigenvalue weighted by Crippen LogP contribution is -2.45. The molecule has 0 saturated heterocycles. The molecule has 0 saturated carbocycles. The van der Waals surface area contributed by atoms with Crippen molar-refractivity contribution in [2.45, 2.75) is 72.3 Å². The number of aliphatic hydroxyl groups excluding tert-OH is 2. The van der Waals surface area contributed by atoms with Gasteiger partial charge < -0.3 is 23.8 Å². The Morgan fingerprint density at radius 1 is 1.00 bits per heavy atom. The fraction of sp³-hybridized carbons (Fsp3) is 0.552. The fourth-order valence-electron chi connectivity index (χ4n) is 4.25. The van der Waals surface area contributed by atoms with Crippen LogP contribution in [0.1, 0.15) is 60.6 Å². The fourth-order valence-corrected chi connectivity index (χ4v) is 5.09. The summed E-state index contributed by atoms with van der Waals surface area (Å²) in [6.45, 7) is 14.5. The van der Waals surface area contributed by atoms with Gasteiger partial charge in [-0.1, -0.05) is 41.5 Å². The molecular formula is C29H40O6S. The van der Waals surface area contributed by atoms with E-state index >= 15 is 0 Å². The third kappa shape index (κ3) is 6.96. The first kappa shape index (κ1) is 28.4. The highest BCUT2D eigenvalue weighted by atomic mass is 32.2. The van der Waals surface area contributed by atoms with Gasteiger partial charge in [0.25, 0.3) is 0 Å². The predicted molar refractivity (Wildman–Crippen MR) is 144 cm³/mol. The van der Waals surface area contributed by atoms with Crippen LogP contribution < -0.4 is 0 Å². The van der Waals surface area contributed by atoms with Gasteiger partial charge in [-0.2, -0.15) is 0 Å². The monoisotopic (exact) mass is 516 g/mol. The summed E-state index contributed by atoms with van der Waals surface area (Å²) in [6.07, 6.45) is 0.373. The zero-order valence-electron chi connectivity index (χ0n) is 22.5. The van der Waals surface area contributed by atoms with Crippen LogP contribution in [0.15, 0.2) is 50.1 Å². The van der Waals surface area contributed by atoms with Crippen molar-refractivity contribution < 1.29 is 28.6 Å². The molecule has 0 aliphatic rings. The summed E-state index contributed by atoms with van der Waals surface area (Å²) < 4.78 is 17.3. The van der Waals surface area contributed by atoms with Crippen LogP contribution in [-0.2, 0) is 16.0 Å². The van der Waals surface area contributed by atoms with Crippen LogP contribution in [0.3, 0.4) is 0 Å². The zero-order chi connectivity index (χ0) is 26.7. The first-order valence-electron chi connectivity index (χ1n) is 12.4. The van der Waals surface area contributed by atoms with E-state index in [9.17, 15) is 9.90 Å². The van der Waals surface area contributed by atoms with E-state index in [1.165, 1.54) is 11.8 Å². The molecule has 0 aliphatic carbocycles. The maximum Gasteiger partial charge on any atom is 0.312 e. The van der Waals surface area contributed by atoms with E-state index in [0.717, 1.165) is 15.9 Å². The Bertz CT molecular complexity index is 1160. The largest absolute Gasteiger partial charge is 0.462 e. The van der Waals surface area contributed by atoms with Gasteiger partial charge in [-0.15, -0.1) is 11.8 Å². The van der Waals surface area contributed by atoms with Crippen molar-refractivity contribution in [1.29, 1.82) is 0 Å². The Hall–Kier alpha value is -2.22. The minimum atomic E-state index is -0.784. The summed E-state index contributed by atoms with van der Waals surface area (Å²) in [5, 5.41) is 20.5. The molecule has 0 amide bonds. The number of esters is 1. The molecule has 36 heavy (non-hydrogen) atoms. The number of rotatable bonds is 10. The molecule has 2 unspecified atom stereocenters. The first-order valence-corrected chi connectivity index (χ1v) is 13.4. The molecule has 2 aromatic heterocycles. The molecule has 2 heterocycles. The zero-order valence-corrected chi connectivity index (χ0v) is 23.3. The molecule has 0 fully saturated rings. The summed E-state index contributed by atoms with van der Waals surface area (Å²) in [4.78, 5) is 14.0. The molecule has 0 aliphatic heterocycles. The smallest absolute Gasteiger partial charge is 0.312 e. The highest BCUT2D eigenvalue weighted by Crippen LogP contribution is 2.47. The topological polar surface area (TPSA) is 93.0 Å². The molecular weight excluding hydrogens is 476 g/mol. The summed E-state index contributed by atoms with van der Waals surface area (Å²) in [7, 11) is 0. The Kier molecular flexibility index (Phi) is 8.69. The first-order chi connectivity index (χ1) is 16.7. The van der Waals surface area contributed by atoms with Crippen LogP contribution in [0, 0.1) is 16.2 Å². The molecule has 2 atom stereocenters. The second kappa shape index (κ2) is 11.0. The Morgan fingerprint density at radius 2 is 1.72 bits per heavy atom. The quantitative estimate of drug-likeness (QED) is 0.228. The number of furan rings is 2. The minimum Gasteiger partial charge on any atom is -0.462 e. The summed E-state index contributed by atoms with van der Waals surface area (Å²) in [5.41, 5.74) is -0.241. The molecule has 3 rings (SSSR count). The molecule has 2 N–H and O–H groups in total. The van der Waals surface area contributed by atoms with E-state index < -0.39 is 11.5 Å². The van der Waals surface area contributed by atoms with E-state index in [2.05, 4.69) is 41.5 Å². The Balaban J connectivity index is 1.59. The van der Waals surface area contributed by atoms with Crippen LogP contribution in [0.5, 0.6) is 0 Å². The van der Waals surface area contributed by atoms with Gasteiger partial charge in [0.05, 0.1) is 18.1 Å². The molecule has 3 aromatic rings. The molecule has 0 bridgehead atoms. The maximum atomic E-state index is 13.1. The molecule has 7 heteroatoms. The number of carbonyl (C=O) groups excluding carboxylic acids is 1. The van der Waals surface area contributed by atoms with Crippen LogP contribution in [-0.4, -0.2) is 41.3 Å². The molecule has 1 aromatic carbocycles. The van der Waals surface area contributed by atoms with Crippen LogP contribution in [0.25, 0.3) is 22.5 Å². The van der Waals surface area contributed by atoms with Gasteiger partial charge in [-0.05, 0) is 60.6 Å². The summed E-state index contributed by atoms with van der Waals surface area (Å²) in [6, 6.07) is 11.5. The van der Waals surface area contributed by atoms with Crippen molar-refractivity contribution in [3.8, 4) is 11.5 Å². The molecule has 198 valence electrons. The lowest BCUT2D eigenvalue weighted by atomic mass is 9.61. The van der Waals surface area contributed by atoms with Crippen molar-refractivity contribution in [2.24, 2.45) is 16.2 Å². The van der Waals surface area contributed by atoms with Gasteiger partial charge >= 0.3 is 5.97 Å². The van der Waals surface area contributed by atoms with Crippen LogP contribution in [0.2, 0.25) is 0 Å². The second-order valence-electron chi connectivity index (χ2n) is 11.9. The van der Waals surface area contributed by atoms with Gasteiger partial charge in [0.2, 0.25) is 0 Å². The van der Waals surface area contributed by atoms with E-state index in [1.807, 2.05) is 43.3 Å². The molecule has 0 radical (unpaired) electrons. The van der Waals surface area contributed by atoms with Crippen molar-refractivity contribution in [3.05, 3.63) is 42.2 Å². The van der Waals surface area contributed by atoms with E-state index in [-0.39, 0.29) is 30.0 Å². The number of hydrogen-bond donors (Lipinski definition) is 2. The van der Waals surface area contributed by atoms with Crippen molar-refractivity contribution in [2.75, 3.05) is 19.0 Å². The average Bonchev–Trinajstić information content (AvgIpc) is 3.40. The van der Waals surface area contributed by atoms with Gasteiger partial charge in [0.15, 0.2) is 11.5 Å². The number of thioether (sulfide) groups is 1. The highest BCUT2D eigenvalue weighted by molar-refractivity contribution is 7.99. The van der Waals surface area contributed by atoms with Crippen molar-refractivity contribution in [3.63, 3.8) is 0 Å². The highest BCUT2D eigenvalue weighted by Gasteiger charge is 2.47. The Morgan fingerprint density at radius 3 is 2.36 bits per heavy atom. The Labute approximate surface area is 218 Å². The van der Waals surface area contributed by atoms with E-state index in [1.54, 1.807) is 0 Å². The van der Waals surface area contributed by atoms with E-state index in [4.69, 9.17) is 18.7 Å². The predicted octanol–water partition coefficient (Wildman–Crippen LogP) is 6.71. The maximum absolute atomic E-state index is 13.1. The van der Waals surface area contributed by atoms with Crippen LogP contribution >= 0.6 is 11.8 Å². The standard InChI is InChI=1S/C29H40O6S/c1-27(2,3)18-29(7,28(4,5)6)26(32)33-16-20(31)17-36-22-10-8-19-14-25(35-24(19)15-22)23-11-9-21(34-23)12-13-30/h8-11,14-15,20,30-31H,12-13,16-18H2,1-7H3. The summed E-state index contributed by atoms with van der Waals surface area (Å²) >= 11 is 1.48. The van der Waals surface area contributed by atoms with Crippen molar-refractivity contribution >= 4 is 28.7 Å². The lowest BCUT2D eigenvalue weighted by Gasteiger charge is -2.43.